The maximum Gasteiger partial charge on any atom is 0.223 e. The number of hydrogen-bond acceptors (Lipinski definition) is 2. The van der Waals surface area contributed by atoms with Crippen LogP contribution in [0.3, 0.4) is 0 Å². The molecule has 13 heavy (non-hydrogen) atoms. The van der Waals surface area contributed by atoms with Gasteiger partial charge in [0.15, 0.2) is 0 Å². The highest BCUT2D eigenvalue weighted by Gasteiger charge is 2.26. The monoisotopic (exact) mass is 199 g/mol. The van der Waals surface area contributed by atoms with Crippen LogP contribution in [0.2, 0.25) is 0 Å². The molecule has 1 aliphatic heterocycles. The van der Waals surface area contributed by atoms with Gasteiger partial charge in [0.25, 0.3) is 0 Å². The fourth-order valence-electron chi connectivity index (χ4n) is 1.58. The summed E-state index contributed by atoms with van der Waals surface area (Å²) in [5.41, 5.74) is 0. The number of likely N-dealkylation sites (tertiary alicyclic amines) is 1. The number of hydrogen-bond donors (Lipinski definition) is 0. The van der Waals surface area contributed by atoms with Crippen LogP contribution in [0.25, 0.3) is 0 Å². The second kappa shape index (κ2) is 5.32. The summed E-state index contributed by atoms with van der Waals surface area (Å²) < 4.78 is 0. The first-order valence-corrected chi connectivity index (χ1v) is 6.06. The van der Waals surface area contributed by atoms with Crippen LogP contribution >= 0.6 is 11.8 Å². The highest BCUT2D eigenvalue weighted by Crippen LogP contribution is 2.18. The predicted molar refractivity (Wildman–Crippen MR) is 57.9 cm³/mol. The Bertz CT molecular complexity index is 193. The van der Waals surface area contributed by atoms with Crippen molar-refractivity contribution in [2.24, 2.45) is 5.92 Å². The molecular formula is C10H17NOS. The Morgan fingerprint density at radius 1 is 1.77 bits per heavy atom. The lowest BCUT2D eigenvalue weighted by Crippen LogP contribution is -2.26. The summed E-state index contributed by atoms with van der Waals surface area (Å²) in [6.45, 7) is 5.53. The standard InChI is InChI=1S/C10H17NOS/c1-3-9-7-10(12)11(8-9)5-4-6-13-2/h3,9H,1,4-8H2,2H3. The third kappa shape index (κ3) is 3.07. The summed E-state index contributed by atoms with van der Waals surface area (Å²) in [5, 5.41) is 0. The Hall–Kier alpha value is -0.440. The minimum absolute atomic E-state index is 0.297. The van der Waals surface area contributed by atoms with Gasteiger partial charge >= 0.3 is 0 Å². The molecule has 0 bridgehead atoms. The first kappa shape index (κ1) is 10.6. The molecule has 0 aromatic carbocycles. The molecule has 0 spiro atoms. The molecule has 1 amide bonds. The molecule has 2 nitrogen and oxygen atoms in total. The van der Waals surface area contributed by atoms with E-state index >= 15 is 0 Å². The van der Waals surface area contributed by atoms with E-state index in [9.17, 15) is 4.79 Å². The topological polar surface area (TPSA) is 20.3 Å². The minimum Gasteiger partial charge on any atom is -0.342 e. The van der Waals surface area contributed by atoms with E-state index in [4.69, 9.17) is 0 Å². The summed E-state index contributed by atoms with van der Waals surface area (Å²) in [7, 11) is 0. The summed E-state index contributed by atoms with van der Waals surface area (Å²) in [5.74, 6) is 1.83. The maximum absolute atomic E-state index is 11.4. The number of carbonyl (C=O) groups is 1. The molecule has 1 atom stereocenters. The highest BCUT2D eigenvalue weighted by atomic mass is 32.2. The van der Waals surface area contributed by atoms with E-state index in [1.165, 1.54) is 0 Å². The molecule has 1 unspecified atom stereocenters. The summed E-state index contributed by atoms with van der Waals surface area (Å²) in [6, 6.07) is 0. The fourth-order valence-corrected chi connectivity index (χ4v) is 1.99. The van der Waals surface area contributed by atoms with E-state index in [1.54, 1.807) is 0 Å². The van der Waals surface area contributed by atoms with Crippen LogP contribution in [0.5, 0.6) is 0 Å². The summed E-state index contributed by atoms with van der Waals surface area (Å²) >= 11 is 1.83. The minimum atomic E-state index is 0.297. The Morgan fingerprint density at radius 3 is 3.08 bits per heavy atom. The van der Waals surface area contributed by atoms with Crippen molar-refractivity contribution in [1.82, 2.24) is 4.90 Å². The first-order valence-electron chi connectivity index (χ1n) is 4.67. The van der Waals surface area contributed by atoms with Crippen LogP contribution in [-0.2, 0) is 4.79 Å². The van der Waals surface area contributed by atoms with Crippen LogP contribution in [-0.4, -0.2) is 35.9 Å². The van der Waals surface area contributed by atoms with Gasteiger partial charge in [-0.25, -0.2) is 0 Å². The van der Waals surface area contributed by atoms with Crippen molar-refractivity contribution in [1.29, 1.82) is 0 Å². The smallest absolute Gasteiger partial charge is 0.223 e. The number of nitrogens with zero attached hydrogens (tertiary/aromatic N) is 1. The molecule has 1 saturated heterocycles. The lowest BCUT2D eigenvalue weighted by Gasteiger charge is -2.15. The van der Waals surface area contributed by atoms with Gasteiger partial charge in [-0.3, -0.25) is 4.79 Å². The van der Waals surface area contributed by atoms with Crippen molar-refractivity contribution in [3.63, 3.8) is 0 Å². The molecular weight excluding hydrogens is 182 g/mol. The largest absolute Gasteiger partial charge is 0.342 e. The molecule has 0 N–H and O–H groups in total. The number of carbonyl (C=O) groups excluding carboxylic acids is 1. The van der Waals surface area contributed by atoms with Crippen LogP contribution in [0, 0.1) is 5.92 Å². The van der Waals surface area contributed by atoms with Gasteiger partial charge in [0.2, 0.25) is 5.91 Å². The molecule has 1 rings (SSSR count). The molecule has 74 valence electrons. The fraction of sp³-hybridized carbons (Fsp3) is 0.700. The van der Waals surface area contributed by atoms with Crippen molar-refractivity contribution in [2.45, 2.75) is 12.8 Å². The molecule has 1 fully saturated rings. The average molecular weight is 199 g/mol. The number of amides is 1. The Labute approximate surface area is 84.4 Å². The van der Waals surface area contributed by atoms with E-state index in [1.807, 2.05) is 22.7 Å². The quantitative estimate of drug-likeness (QED) is 0.497. The highest BCUT2D eigenvalue weighted by molar-refractivity contribution is 7.98. The van der Waals surface area contributed by atoms with Gasteiger partial charge in [-0.1, -0.05) is 6.08 Å². The molecule has 1 aliphatic rings. The van der Waals surface area contributed by atoms with Gasteiger partial charge in [0, 0.05) is 25.4 Å². The van der Waals surface area contributed by atoms with Gasteiger partial charge in [0.1, 0.15) is 0 Å². The summed E-state index contributed by atoms with van der Waals surface area (Å²) in [4.78, 5) is 13.4. The van der Waals surface area contributed by atoms with Crippen LogP contribution in [0.15, 0.2) is 12.7 Å². The molecule has 3 heteroatoms. The summed E-state index contributed by atoms with van der Waals surface area (Å²) in [6.07, 6.45) is 5.77. The van der Waals surface area contributed by atoms with Crippen molar-refractivity contribution >= 4 is 17.7 Å². The second-order valence-electron chi connectivity index (χ2n) is 3.39. The van der Waals surface area contributed by atoms with Crippen LogP contribution in [0.4, 0.5) is 0 Å². The zero-order valence-electron chi connectivity index (χ0n) is 8.16. The van der Waals surface area contributed by atoms with Gasteiger partial charge in [-0.05, 0) is 18.4 Å². The van der Waals surface area contributed by atoms with E-state index < -0.39 is 0 Å². The van der Waals surface area contributed by atoms with Gasteiger partial charge in [-0.15, -0.1) is 6.58 Å². The molecule has 0 aromatic rings. The van der Waals surface area contributed by atoms with Gasteiger partial charge in [-0.2, -0.15) is 11.8 Å². The lowest BCUT2D eigenvalue weighted by atomic mass is 10.1. The first-order chi connectivity index (χ1) is 6.27. The maximum atomic E-state index is 11.4. The van der Waals surface area contributed by atoms with Crippen molar-refractivity contribution in [3.05, 3.63) is 12.7 Å². The molecule has 0 saturated carbocycles. The van der Waals surface area contributed by atoms with Crippen LogP contribution in [0.1, 0.15) is 12.8 Å². The van der Waals surface area contributed by atoms with E-state index in [-0.39, 0.29) is 0 Å². The predicted octanol–water partition coefficient (Wildman–Crippen LogP) is 1.77. The molecule has 1 heterocycles. The van der Waals surface area contributed by atoms with Gasteiger partial charge < -0.3 is 4.90 Å². The van der Waals surface area contributed by atoms with E-state index in [0.717, 1.165) is 25.3 Å². The third-order valence-electron chi connectivity index (χ3n) is 2.35. The van der Waals surface area contributed by atoms with E-state index in [2.05, 4.69) is 12.8 Å². The Balaban J connectivity index is 2.26. The number of thioether (sulfide) groups is 1. The van der Waals surface area contributed by atoms with Crippen LogP contribution < -0.4 is 0 Å². The lowest BCUT2D eigenvalue weighted by molar-refractivity contribution is -0.127. The normalized spacial score (nSPS) is 22.4. The third-order valence-corrected chi connectivity index (χ3v) is 3.05. The van der Waals surface area contributed by atoms with Crippen molar-refractivity contribution < 1.29 is 4.79 Å². The number of rotatable bonds is 5. The van der Waals surface area contributed by atoms with E-state index in [0.29, 0.717) is 18.2 Å². The second-order valence-corrected chi connectivity index (χ2v) is 4.37. The average Bonchev–Trinajstić information content (AvgIpc) is 2.48. The SMILES string of the molecule is C=CC1CC(=O)N(CCCSC)C1. The zero-order chi connectivity index (χ0) is 9.68. The Kier molecular flexibility index (Phi) is 4.36. The van der Waals surface area contributed by atoms with Crippen molar-refractivity contribution in [2.75, 3.05) is 25.1 Å². The molecule has 0 aromatic heterocycles. The molecule has 0 radical (unpaired) electrons. The zero-order valence-corrected chi connectivity index (χ0v) is 8.98. The van der Waals surface area contributed by atoms with Gasteiger partial charge in [0.05, 0.1) is 0 Å². The Morgan fingerprint density at radius 2 is 2.54 bits per heavy atom. The molecule has 0 aliphatic carbocycles. The van der Waals surface area contributed by atoms with Crippen molar-refractivity contribution in [3.8, 4) is 0 Å².